The van der Waals surface area contributed by atoms with Crippen LogP contribution in [-0.2, 0) is 23.4 Å². The Hall–Kier alpha value is -4.34. The second kappa shape index (κ2) is 12.0. The highest BCUT2D eigenvalue weighted by molar-refractivity contribution is 7.90. The molecule has 5 aromatic rings. The number of carbonyl (C=O) groups is 1. The van der Waals surface area contributed by atoms with E-state index in [-0.39, 0.29) is 10.8 Å². The van der Waals surface area contributed by atoms with E-state index in [0.29, 0.717) is 6.04 Å². The zero-order valence-electron chi connectivity index (χ0n) is 25.5. The molecule has 6 rings (SSSR count). The molecule has 1 aliphatic heterocycles. The van der Waals surface area contributed by atoms with Crippen LogP contribution in [0.5, 0.6) is 0 Å². The van der Waals surface area contributed by atoms with E-state index in [0.717, 1.165) is 83.0 Å². The van der Waals surface area contributed by atoms with Gasteiger partial charge in [-0.1, -0.05) is 42.5 Å². The second-order valence-corrected chi connectivity index (χ2v) is 13.7. The zero-order valence-corrected chi connectivity index (χ0v) is 26.4. The van der Waals surface area contributed by atoms with Crippen LogP contribution in [0.25, 0.3) is 33.7 Å². The smallest absolute Gasteiger partial charge is 0.254 e. The molecule has 3 aromatic carbocycles. The number of sulfone groups is 1. The fraction of sp³-hybridized carbons (Fsp3) is 0.286. The van der Waals surface area contributed by atoms with Crippen molar-refractivity contribution in [1.29, 1.82) is 0 Å². The first kappa shape index (κ1) is 29.7. The SMILES string of the molecule is Cc1ccccc1C(=O)N1CCC(NCc2ccc(-c3cc4c(nc(-c5ccc(S(C)(=O)=O)cc5)n4C)c(C)n3)cc2)CC1. The minimum Gasteiger partial charge on any atom is -0.339 e. The average molecular weight is 608 g/mol. The van der Waals surface area contributed by atoms with Crippen molar-refractivity contribution in [3.05, 3.63) is 101 Å². The summed E-state index contributed by atoms with van der Waals surface area (Å²) in [6, 6.07) is 25.5. The van der Waals surface area contributed by atoms with Crippen LogP contribution in [-0.4, -0.2) is 59.1 Å². The Morgan fingerprint density at radius 1 is 0.909 bits per heavy atom. The van der Waals surface area contributed by atoms with Crippen molar-refractivity contribution in [1.82, 2.24) is 24.8 Å². The topological polar surface area (TPSA) is 97.2 Å². The Bertz CT molecular complexity index is 1940. The van der Waals surface area contributed by atoms with E-state index in [9.17, 15) is 13.2 Å². The molecule has 1 N–H and O–H groups in total. The first-order chi connectivity index (χ1) is 21.1. The molecule has 8 nitrogen and oxygen atoms in total. The van der Waals surface area contributed by atoms with E-state index in [4.69, 9.17) is 9.97 Å². The third-order valence-corrected chi connectivity index (χ3v) is 9.72. The van der Waals surface area contributed by atoms with Crippen LogP contribution in [0.3, 0.4) is 0 Å². The summed E-state index contributed by atoms with van der Waals surface area (Å²) in [5, 5.41) is 3.68. The number of benzene rings is 3. The number of nitrogens with one attached hydrogen (secondary N) is 1. The molecule has 0 aliphatic carbocycles. The maximum atomic E-state index is 13.0. The van der Waals surface area contributed by atoms with E-state index < -0.39 is 9.84 Å². The minimum absolute atomic E-state index is 0.129. The zero-order chi connectivity index (χ0) is 31.0. The second-order valence-electron chi connectivity index (χ2n) is 11.7. The van der Waals surface area contributed by atoms with Gasteiger partial charge in [-0.25, -0.2) is 13.4 Å². The molecule has 1 saturated heterocycles. The van der Waals surface area contributed by atoms with Gasteiger partial charge in [-0.2, -0.15) is 0 Å². The maximum absolute atomic E-state index is 13.0. The van der Waals surface area contributed by atoms with Crippen LogP contribution in [0.4, 0.5) is 0 Å². The molecule has 0 spiro atoms. The third-order valence-electron chi connectivity index (χ3n) is 8.59. The van der Waals surface area contributed by atoms with Gasteiger partial charge in [0.1, 0.15) is 11.3 Å². The van der Waals surface area contributed by atoms with Gasteiger partial charge in [-0.3, -0.25) is 9.78 Å². The molecule has 0 radical (unpaired) electrons. The number of amides is 1. The van der Waals surface area contributed by atoms with Crippen molar-refractivity contribution >= 4 is 26.8 Å². The van der Waals surface area contributed by atoms with Gasteiger partial charge >= 0.3 is 0 Å². The Morgan fingerprint density at radius 2 is 1.57 bits per heavy atom. The molecule has 9 heteroatoms. The molecular formula is C35H37N5O3S. The van der Waals surface area contributed by atoms with Gasteiger partial charge in [-0.05, 0) is 74.2 Å². The molecule has 0 saturated carbocycles. The Kier molecular flexibility index (Phi) is 8.09. The van der Waals surface area contributed by atoms with E-state index in [1.54, 1.807) is 24.3 Å². The van der Waals surface area contributed by atoms with Gasteiger partial charge in [0.2, 0.25) is 0 Å². The first-order valence-electron chi connectivity index (χ1n) is 14.9. The lowest BCUT2D eigenvalue weighted by atomic mass is 10.0. The number of carbonyl (C=O) groups excluding carboxylic acids is 1. The molecule has 1 amide bonds. The van der Waals surface area contributed by atoms with Gasteiger partial charge in [-0.15, -0.1) is 0 Å². The summed E-state index contributed by atoms with van der Waals surface area (Å²) in [5.41, 5.74) is 8.40. The van der Waals surface area contributed by atoms with Gasteiger partial charge in [0.15, 0.2) is 9.84 Å². The van der Waals surface area contributed by atoms with Crippen molar-refractivity contribution in [3.63, 3.8) is 0 Å². The Morgan fingerprint density at radius 3 is 2.23 bits per heavy atom. The molecule has 3 heterocycles. The summed E-state index contributed by atoms with van der Waals surface area (Å²) in [4.78, 5) is 24.9. The van der Waals surface area contributed by atoms with Crippen molar-refractivity contribution in [2.24, 2.45) is 7.05 Å². The largest absolute Gasteiger partial charge is 0.339 e. The number of imidazole rings is 1. The number of hydrogen-bond acceptors (Lipinski definition) is 6. The summed E-state index contributed by atoms with van der Waals surface area (Å²) in [7, 11) is -1.29. The quantitative estimate of drug-likeness (QED) is 0.254. The number of aromatic nitrogens is 3. The van der Waals surface area contributed by atoms with Crippen LogP contribution in [0.1, 0.15) is 40.0 Å². The lowest BCUT2D eigenvalue weighted by molar-refractivity contribution is 0.0704. The fourth-order valence-electron chi connectivity index (χ4n) is 5.92. The highest BCUT2D eigenvalue weighted by Crippen LogP contribution is 2.29. The summed E-state index contributed by atoms with van der Waals surface area (Å²) < 4.78 is 25.8. The van der Waals surface area contributed by atoms with Crippen molar-refractivity contribution in [2.75, 3.05) is 19.3 Å². The normalized spacial score (nSPS) is 14.3. The lowest BCUT2D eigenvalue weighted by Gasteiger charge is -2.33. The van der Waals surface area contributed by atoms with Crippen LogP contribution in [0.15, 0.2) is 83.8 Å². The van der Waals surface area contributed by atoms with Crippen LogP contribution < -0.4 is 5.32 Å². The predicted molar refractivity (Wildman–Crippen MR) is 174 cm³/mol. The number of rotatable bonds is 7. The predicted octanol–water partition coefficient (Wildman–Crippen LogP) is 5.72. The third kappa shape index (κ3) is 6.02. The Labute approximate surface area is 258 Å². The molecule has 0 atom stereocenters. The summed E-state index contributed by atoms with van der Waals surface area (Å²) >= 11 is 0. The molecular weight excluding hydrogens is 570 g/mol. The number of aryl methyl sites for hydroxylation is 3. The number of piperidine rings is 1. The monoisotopic (exact) mass is 607 g/mol. The van der Waals surface area contributed by atoms with E-state index in [1.165, 1.54) is 11.8 Å². The van der Waals surface area contributed by atoms with E-state index in [2.05, 4.69) is 35.6 Å². The van der Waals surface area contributed by atoms with Crippen LogP contribution in [0, 0.1) is 13.8 Å². The lowest BCUT2D eigenvalue weighted by Crippen LogP contribution is -2.44. The maximum Gasteiger partial charge on any atom is 0.254 e. The molecule has 0 unspecified atom stereocenters. The molecule has 226 valence electrons. The van der Waals surface area contributed by atoms with Gasteiger partial charge < -0.3 is 14.8 Å². The summed E-state index contributed by atoms with van der Waals surface area (Å²) in [6.07, 6.45) is 3.08. The van der Waals surface area contributed by atoms with Gasteiger partial charge in [0.25, 0.3) is 5.91 Å². The molecule has 1 fully saturated rings. The van der Waals surface area contributed by atoms with E-state index in [1.807, 2.05) is 54.6 Å². The highest BCUT2D eigenvalue weighted by atomic mass is 32.2. The highest BCUT2D eigenvalue weighted by Gasteiger charge is 2.24. The first-order valence-corrected chi connectivity index (χ1v) is 16.8. The van der Waals surface area contributed by atoms with Gasteiger partial charge in [0.05, 0.1) is 21.8 Å². The summed E-state index contributed by atoms with van der Waals surface area (Å²) in [5.74, 6) is 0.888. The fourth-order valence-corrected chi connectivity index (χ4v) is 6.55. The number of hydrogen-bond donors (Lipinski definition) is 1. The van der Waals surface area contributed by atoms with Crippen molar-refractivity contribution in [2.45, 2.75) is 44.2 Å². The Balaban J connectivity index is 1.11. The molecule has 2 aromatic heterocycles. The standard InChI is InChI=1S/C35H37N5O3S/c1-23-7-5-6-8-30(23)35(41)40-19-17-28(18-20-40)36-22-25-9-11-26(12-10-25)31-21-32-33(24(2)37-31)38-34(39(32)3)27-13-15-29(16-14-27)44(4,42)43/h5-16,21,28,36H,17-20,22H2,1-4H3. The minimum atomic E-state index is -3.26. The summed E-state index contributed by atoms with van der Waals surface area (Å²) in [6.45, 7) is 6.25. The van der Waals surface area contributed by atoms with Crippen LogP contribution >= 0.6 is 0 Å². The average Bonchev–Trinajstić information content (AvgIpc) is 3.36. The molecule has 44 heavy (non-hydrogen) atoms. The number of pyridine rings is 1. The van der Waals surface area contributed by atoms with E-state index >= 15 is 0 Å². The van der Waals surface area contributed by atoms with Crippen LogP contribution in [0.2, 0.25) is 0 Å². The van der Waals surface area contributed by atoms with Crippen molar-refractivity contribution < 1.29 is 13.2 Å². The van der Waals surface area contributed by atoms with Gasteiger partial charge in [0, 0.05) is 55.7 Å². The number of fused-ring (bicyclic) bond motifs is 1. The number of likely N-dealkylation sites (tertiary alicyclic amines) is 1. The molecule has 0 bridgehead atoms. The van der Waals surface area contributed by atoms with Crippen molar-refractivity contribution in [3.8, 4) is 22.6 Å². The molecule has 1 aliphatic rings. The number of nitrogens with zero attached hydrogens (tertiary/aromatic N) is 4.